The molecule has 5 heteroatoms. The molecule has 0 aromatic heterocycles. The monoisotopic (exact) mass is 269 g/mol. The number of methoxy groups -OCH3 is 1. The molecule has 1 aromatic rings. The molecule has 19 heavy (non-hydrogen) atoms. The molecule has 0 fully saturated rings. The second kappa shape index (κ2) is 7.99. The fourth-order valence-electron chi connectivity index (χ4n) is 1.74. The highest BCUT2D eigenvalue weighted by Crippen LogP contribution is 2.30. The Morgan fingerprint density at radius 1 is 1.32 bits per heavy atom. The van der Waals surface area contributed by atoms with Crippen molar-refractivity contribution in [1.29, 1.82) is 0 Å². The molecule has 0 bridgehead atoms. The molecule has 108 valence electrons. The Labute approximate surface area is 114 Å². The van der Waals surface area contributed by atoms with Crippen LogP contribution in [0.3, 0.4) is 0 Å². The molecule has 2 atom stereocenters. The van der Waals surface area contributed by atoms with Crippen LogP contribution in [-0.2, 0) is 0 Å². The minimum absolute atomic E-state index is 0.0367. The first-order chi connectivity index (χ1) is 9.12. The van der Waals surface area contributed by atoms with Crippen LogP contribution >= 0.6 is 0 Å². The van der Waals surface area contributed by atoms with Crippen LogP contribution in [-0.4, -0.2) is 43.2 Å². The zero-order chi connectivity index (χ0) is 14.3. The number of aliphatic hydroxyl groups is 2. The minimum atomic E-state index is -0.884. The van der Waals surface area contributed by atoms with Crippen molar-refractivity contribution >= 4 is 0 Å². The number of rotatable bonds is 8. The molecular formula is C14H23NO4. The van der Waals surface area contributed by atoms with E-state index < -0.39 is 6.10 Å². The normalized spacial score (nSPS) is 13.9. The number of benzene rings is 1. The molecule has 0 amide bonds. The average Bonchev–Trinajstić information content (AvgIpc) is 2.44. The minimum Gasteiger partial charge on any atom is -0.493 e. The Balaban J connectivity index is 2.78. The lowest BCUT2D eigenvalue weighted by Crippen LogP contribution is -2.21. The summed E-state index contributed by atoms with van der Waals surface area (Å²) in [7, 11) is 1.58. The van der Waals surface area contributed by atoms with Gasteiger partial charge < -0.3 is 25.0 Å². The molecule has 1 aromatic carbocycles. The molecule has 0 aliphatic rings. The van der Waals surface area contributed by atoms with E-state index in [1.807, 2.05) is 18.2 Å². The SMILES string of the molecule is CCNC(C)c1ccc(OCC(O)CO)c(OC)c1. The molecule has 0 aliphatic carbocycles. The van der Waals surface area contributed by atoms with Gasteiger partial charge in [0, 0.05) is 6.04 Å². The third kappa shape index (κ3) is 4.70. The Bertz CT molecular complexity index is 384. The van der Waals surface area contributed by atoms with Crippen molar-refractivity contribution in [3.05, 3.63) is 23.8 Å². The number of hydrogen-bond donors (Lipinski definition) is 3. The summed E-state index contributed by atoms with van der Waals surface area (Å²) in [5.41, 5.74) is 1.11. The van der Waals surface area contributed by atoms with Crippen LogP contribution in [0.2, 0.25) is 0 Å². The third-order valence-corrected chi connectivity index (χ3v) is 2.84. The van der Waals surface area contributed by atoms with Gasteiger partial charge in [-0.3, -0.25) is 0 Å². The van der Waals surface area contributed by atoms with Crippen molar-refractivity contribution < 1.29 is 19.7 Å². The molecule has 0 heterocycles. The maximum atomic E-state index is 9.27. The number of aliphatic hydroxyl groups excluding tert-OH is 2. The third-order valence-electron chi connectivity index (χ3n) is 2.84. The Morgan fingerprint density at radius 3 is 2.63 bits per heavy atom. The predicted molar refractivity (Wildman–Crippen MR) is 73.7 cm³/mol. The molecule has 1 rings (SSSR count). The van der Waals surface area contributed by atoms with Crippen LogP contribution in [0.4, 0.5) is 0 Å². The van der Waals surface area contributed by atoms with Gasteiger partial charge in [0.05, 0.1) is 13.7 Å². The number of ether oxygens (including phenoxy) is 2. The lowest BCUT2D eigenvalue weighted by Gasteiger charge is -2.17. The van der Waals surface area contributed by atoms with Crippen molar-refractivity contribution in [2.75, 3.05) is 26.9 Å². The van der Waals surface area contributed by atoms with Gasteiger partial charge in [-0.2, -0.15) is 0 Å². The largest absolute Gasteiger partial charge is 0.493 e. The molecule has 0 radical (unpaired) electrons. The van der Waals surface area contributed by atoms with Crippen molar-refractivity contribution in [2.45, 2.75) is 26.0 Å². The van der Waals surface area contributed by atoms with Gasteiger partial charge in [-0.15, -0.1) is 0 Å². The molecule has 0 saturated carbocycles. The topological polar surface area (TPSA) is 71.0 Å². The molecule has 2 unspecified atom stereocenters. The first kappa shape index (κ1) is 15.8. The lowest BCUT2D eigenvalue weighted by atomic mass is 10.1. The molecule has 0 saturated heterocycles. The van der Waals surface area contributed by atoms with Crippen molar-refractivity contribution in [3.63, 3.8) is 0 Å². The maximum Gasteiger partial charge on any atom is 0.161 e. The van der Waals surface area contributed by atoms with Gasteiger partial charge in [0.2, 0.25) is 0 Å². The van der Waals surface area contributed by atoms with Gasteiger partial charge in [0.15, 0.2) is 11.5 Å². The maximum absolute atomic E-state index is 9.27. The van der Waals surface area contributed by atoms with Gasteiger partial charge in [-0.05, 0) is 31.2 Å². The van der Waals surface area contributed by atoms with Crippen LogP contribution < -0.4 is 14.8 Å². The summed E-state index contributed by atoms with van der Waals surface area (Å²) in [5, 5.41) is 21.3. The first-order valence-corrected chi connectivity index (χ1v) is 6.45. The van der Waals surface area contributed by atoms with Crippen LogP contribution in [0, 0.1) is 0 Å². The number of nitrogens with one attached hydrogen (secondary N) is 1. The Kier molecular flexibility index (Phi) is 6.62. The van der Waals surface area contributed by atoms with Gasteiger partial charge in [-0.25, -0.2) is 0 Å². The van der Waals surface area contributed by atoms with E-state index >= 15 is 0 Å². The van der Waals surface area contributed by atoms with E-state index in [1.165, 1.54) is 0 Å². The van der Waals surface area contributed by atoms with Gasteiger partial charge in [0.1, 0.15) is 12.7 Å². The second-order valence-corrected chi connectivity index (χ2v) is 4.34. The Hall–Kier alpha value is -1.30. The van der Waals surface area contributed by atoms with Crippen molar-refractivity contribution in [3.8, 4) is 11.5 Å². The van der Waals surface area contributed by atoms with E-state index in [4.69, 9.17) is 14.6 Å². The van der Waals surface area contributed by atoms with Crippen molar-refractivity contribution in [1.82, 2.24) is 5.32 Å². The lowest BCUT2D eigenvalue weighted by molar-refractivity contribution is 0.0527. The van der Waals surface area contributed by atoms with Crippen LogP contribution in [0.15, 0.2) is 18.2 Å². The summed E-state index contributed by atoms with van der Waals surface area (Å²) in [4.78, 5) is 0. The molecule has 0 spiro atoms. The summed E-state index contributed by atoms with van der Waals surface area (Å²) in [5.74, 6) is 1.18. The van der Waals surface area contributed by atoms with E-state index in [0.29, 0.717) is 11.5 Å². The summed E-state index contributed by atoms with van der Waals surface area (Å²) in [6, 6.07) is 5.91. The fourth-order valence-corrected chi connectivity index (χ4v) is 1.74. The first-order valence-electron chi connectivity index (χ1n) is 6.45. The van der Waals surface area contributed by atoms with E-state index in [-0.39, 0.29) is 19.3 Å². The zero-order valence-electron chi connectivity index (χ0n) is 11.7. The Morgan fingerprint density at radius 2 is 2.05 bits per heavy atom. The summed E-state index contributed by atoms with van der Waals surface area (Å²) in [6.07, 6.45) is -0.884. The van der Waals surface area contributed by atoms with E-state index in [0.717, 1.165) is 12.1 Å². The van der Waals surface area contributed by atoms with E-state index in [1.54, 1.807) is 7.11 Å². The smallest absolute Gasteiger partial charge is 0.161 e. The van der Waals surface area contributed by atoms with E-state index in [2.05, 4.69) is 19.2 Å². The van der Waals surface area contributed by atoms with Crippen LogP contribution in [0.1, 0.15) is 25.5 Å². The van der Waals surface area contributed by atoms with Gasteiger partial charge >= 0.3 is 0 Å². The standard InChI is InChI=1S/C14H23NO4/c1-4-15-10(2)11-5-6-13(14(7-11)18-3)19-9-12(17)8-16/h5-7,10,12,15-17H,4,8-9H2,1-3H3. The van der Waals surface area contributed by atoms with Crippen LogP contribution in [0.25, 0.3) is 0 Å². The van der Waals surface area contributed by atoms with E-state index in [9.17, 15) is 5.11 Å². The second-order valence-electron chi connectivity index (χ2n) is 4.34. The molecular weight excluding hydrogens is 246 g/mol. The number of hydrogen-bond acceptors (Lipinski definition) is 5. The quantitative estimate of drug-likeness (QED) is 0.659. The summed E-state index contributed by atoms with van der Waals surface area (Å²) in [6.45, 7) is 4.74. The fraction of sp³-hybridized carbons (Fsp3) is 0.571. The van der Waals surface area contributed by atoms with Gasteiger partial charge in [0.25, 0.3) is 0 Å². The van der Waals surface area contributed by atoms with Gasteiger partial charge in [-0.1, -0.05) is 13.0 Å². The van der Waals surface area contributed by atoms with Crippen LogP contribution in [0.5, 0.6) is 11.5 Å². The highest BCUT2D eigenvalue weighted by atomic mass is 16.5. The molecule has 3 N–H and O–H groups in total. The van der Waals surface area contributed by atoms with Crippen molar-refractivity contribution in [2.24, 2.45) is 0 Å². The molecule has 5 nitrogen and oxygen atoms in total. The molecule has 0 aliphatic heterocycles. The average molecular weight is 269 g/mol. The summed E-state index contributed by atoms with van der Waals surface area (Å²) >= 11 is 0. The highest BCUT2D eigenvalue weighted by molar-refractivity contribution is 5.43. The summed E-state index contributed by atoms with van der Waals surface area (Å²) < 4.78 is 10.7. The zero-order valence-corrected chi connectivity index (χ0v) is 11.7. The predicted octanol–water partition coefficient (Wildman–Crippen LogP) is 1.10. The highest BCUT2D eigenvalue weighted by Gasteiger charge is 2.11.